The van der Waals surface area contributed by atoms with Crippen molar-refractivity contribution in [1.82, 2.24) is 4.98 Å². The van der Waals surface area contributed by atoms with Crippen LogP contribution in [0.4, 0.5) is 10.5 Å². The Morgan fingerprint density at radius 2 is 2.42 bits per heavy atom. The number of carbonyl (C=O) groups excluding carboxylic acids is 1. The van der Waals surface area contributed by atoms with Crippen molar-refractivity contribution in [1.29, 1.82) is 0 Å². The van der Waals surface area contributed by atoms with E-state index < -0.39 is 6.03 Å². The molecule has 64 valence electrons. The molecule has 0 aromatic carbocycles. The lowest BCUT2D eigenvalue weighted by atomic mass is 10.4. The minimum atomic E-state index is -0.609. The summed E-state index contributed by atoms with van der Waals surface area (Å²) in [6.07, 6.45) is 1.46. The molecule has 12 heavy (non-hydrogen) atoms. The maximum atomic E-state index is 10.4. The highest BCUT2D eigenvalue weighted by molar-refractivity contribution is 5.87. The third-order valence-electron chi connectivity index (χ3n) is 1.21. The molecule has 0 unspecified atom stereocenters. The Balaban J connectivity index is 2.71. The van der Waals surface area contributed by atoms with Gasteiger partial charge < -0.3 is 15.8 Å². The molecule has 5 heteroatoms. The number of nitrogens with one attached hydrogen (secondary N) is 1. The lowest BCUT2D eigenvalue weighted by molar-refractivity contribution is 0.259. The van der Waals surface area contributed by atoms with Gasteiger partial charge in [0.2, 0.25) is 5.88 Å². The summed E-state index contributed by atoms with van der Waals surface area (Å²) in [6.45, 7) is 0. The molecule has 0 atom stereocenters. The molecule has 1 aromatic heterocycles. The fourth-order valence-electron chi connectivity index (χ4n) is 0.717. The van der Waals surface area contributed by atoms with Crippen molar-refractivity contribution in [2.45, 2.75) is 0 Å². The first kappa shape index (κ1) is 8.32. The summed E-state index contributed by atoms with van der Waals surface area (Å²) >= 11 is 0. The Bertz CT molecular complexity index is 270. The molecule has 1 aromatic rings. The highest BCUT2D eigenvalue weighted by Crippen LogP contribution is 2.09. The topological polar surface area (TPSA) is 77.2 Å². The van der Waals surface area contributed by atoms with Crippen LogP contribution in [0, 0.1) is 0 Å². The van der Waals surface area contributed by atoms with Crippen LogP contribution in [0.2, 0.25) is 0 Å². The number of amides is 2. The van der Waals surface area contributed by atoms with E-state index in [0.717, 1.165) is 0 Å². The summed E-state index contributed by atoms with van der Waals surface area (Å²) in [5.74, 6) is 0.491. The molecule has 0 bridgehead atoms. The van der Waals surface area contributed by atoms with Gasteiger partial charge in [-0.05, 0) is 6.07 Å². The third-order valence-corrected chi connectivity index (χ3v) is 1.21. The zero-order valence-corrected chi connectivity index (χ0v) is 6.57. The van der Waals surface area contributed by atoms with Crippen molar-refractivity contribution < 1.29 is 9.53 Å². The van der Waals surface area contributed by atoms with Gasteiger partial charge >= 0.3 is 6.03 Å². The molecule has 2 amide bonds. The number of nitrogens with zero attached hydrogens (tertiary/aromatic N) is 1. The Kier molecular flexibility index (Phi) is 2.47. The molecule has 0 aliphatic heterocycles. The average molecular weight is 167 g/mol. The number of rotatable bonds is 2. The van der Waals surface area contributed by atoms with Crippen LogP contribution < -0.4 is 15.8 Å². The van der Waals surface area contributed by atoms with Crippen LogP contribution in [0.1, 0.15) is 0 Å². The quantitative estimate of drug-likeness (QED) is 0.676. The number of urea groups is 1. The van der Waals surface area contributed by atoms with E-state index in [4.69, 9.17) is 10.5 Å². The van der Waals surface area contributed by atoms with Gasteiger partial charge in [0.05, 0.1) is 19.0 Å². The van der Waals surface area contributed by atoms with Gasteiger partial charge in [0, 0.05) is 6.07 Å². The number of anilines is 1. The number of methoxy groups -OCH3 is 1. The molecular formula is C7H9N3O2. The van der Waals surface area contributed by atoms with Crippen LogP contribution in [0.15, 0.2) is 18.3 Å². The molecule has 0 saturated heterocycles. The number of carbonyl (C=O) groups is 1. The number of nitrogens with two attached hydrogens (primary N) is 1. The number of hydrogen-bond acceptors (Lipinski definition) is 3. The van der Waals surface area contributed by atoms with Gasteiger partial charge in [-0.2, -0.15) is 0 Å². The normalized spacial score (nSPS) is 9.08. The van der Waals surface area contributed by atoms with Crippen LogP contribution in [-0.2, 0) is 0 Å². The number of pyridine rings is 1. The SMILES string of the molecule is COc1ccc(NC(N)=O)cn1. The third kappa shape index (κ3) is 2.12. The Labute approximate surface area is 69.5 Å². The first-order valence-electron chi connectivity index (χ1n) is 3.29. The van der Waals surface area contributed by atoms with Gasteiger partial charge in [0.15, 0.2) is 0 Å². The standard InChI is InChI=1S/C7H9N3O2/c1-12-6-3-2-5(4-9-6)10-7(8)11/h2-4H,1H3,(H3,8,10,11). The average Bonchev–Trinajstić information content (AvgIpc) is 2.05. The minimum Gasteiger partial charge on any atom is -0.481 e. The summed E-state index contributed by atoms with van der Waals surface area (Å²) in [4.78, 5) is 14.2. The van der Waals surface area contributed by atoms with Crippen molar-refractivity contribution in [2.75, 3.05) is 12.4 Å². The van der Waals surface area contributed by atoms with Crippen LogP contribution in [-0.4, -0.2) is 18.1 Å². The van der Waals surface area contributed by atoms with Gasteiger partial charge in [0.25, 0.3) is 0 Å². The van der Waals surface area contributed by atoms with E-state index in [2.05, 4.69) is 10.3 Å². The van der Waals surface area contributed by atoms with Crippen molar-refractivity contribution in [3.8, 4) is 5.88 Å². The Morgan fingerprint density at radius 3 is 2.83 bits per heavy atom. The fourth-order valence-corrected chi connectivity index (χ4v) is 0.717. The molecule has 0 spiro atoms. The van der Waals surface area contributed by atoms with Crippen LogP contribution >= 0.6 is 0 Å². The Hall–Kier alpha value is -1.78. The van der Waals surface area contributed by atoms with Gasteiger partial charge in [-0.15, -0.1) is 0 Å². The van der Waals surface area contributed by atoms with E-state index >= 15 is 0 Å². The van der Waals surface area contributed by atoms with Crippen molar-refractivity contribution in [2.24, 2.45) is 5.73 Å². The molecule has 0 aliphatic carbocycles. The molecule has 0 fully saturated rings. The van der Waals surface area contributed by atoms with Gasteiger partial charge in [0.1, 0.15) is 0 Å². The van der Waals surface area contributed by atoms with E-state index in [9.17, 15) is 4.79 Å². The molecule has 1 rings (SSSR count). The monoisotopic (exact) mass is 167 g/mol. The van der Waals surface area contributed by atoms with E-state index in [1.165, 1.54) is 13.3 Å². The van der Waals surface area contributed by atoms with Gasteiger partial charge in [-0.25, -0.2) is 9.78 Å². The maximum Gasteiger partial charge on any atom is 0.316 e. The van der Waals surface area contributed by atoms with Crippen LogP contribution in [0.5, 0.6) is 5.88 Å². The second-order valence-corrected chi connectivity index (χ2v) is 2.08. The second kappa shape index (κ2) is 3.56. The molecule has 5 nitrogen and oxygen atoms in total. The summed E-state index contributed by atoms with van der Waals surface area (Å²) < 4.78 is 4.82. The lowest BCUT2D eigenvalue weighted by Gasteiger charge is -2.01. The smallest absolute Gasteiger partial charge is 0.316 e. The summed E-state index contributed by atoms with van der Waals surface area (Å²) in [5, 5.41) is 2.38. The molecular weight excluding hydrogens is 158 g/mol. The van der Waals surface area contributed by atoms with Crippen molar-refractivity contribution in [3.63, 3.8) is 0 Å². The predicted molar refractivity (Wildman–Crippen MR) is 44.0 cm³/mol. The van der Waals surface area contributed by atoms with Gasteiger partial charge in [-0.3, -0.25) is 0 Å². The molecule has 0 aliphatic rings. The minimum absolute atomic E-state index is 0.491. The van der Waals surface area contributed by atoms with E-state index in [0.29, 0.717) is 11.6 Å². The zero-order chi connectivity index (χ0) is 8.97. The van der Waals surface area contributed by atoms with E-state index in [1.807, 2.05) is 0 Å². The zero-order valence-electron chi connectivity index (χ0n) is 6.57. The number of ether oxygens (including phenoxy) is 1. The fraction of sp³-hybridized carbons (Fsp3) is 0.143. The van der Waals surface area contributed by atoms with Crippen LogP contribution in [0.25, 0.3) is 0 Å². The first-order chi connectivity index (χ1) is 5.72. The molecule has 0 saturated carbocycles. The van der Waals surface area contributed by atoms with Gasteiger partial charge in [-0.1, -0.05) is 0 Å². The van der Waals surface area contributed by atoms with Crippen LogP contribution in [0.3, 0.4) is 0 Å². The summed E-state index contributed by atoms with van der Waals surface area (Å²) in [7, 11) is 1.52. The van der Waals surface area contributed by atoms with Crippen molar-refractivity contribution in [3.05, 3.63) is 18.3 Å². The number of primary amides is 1. The van der Waals surface area contributed by atoms with Crippen molar-refractivity contribution >= 4 is 11.7 Å². The summed E-state index contributed by atoms with van der Waals surface area (Å²) in [5.41, 5.74) is 5.43. The molecule has 0 radical (unpaired) electrons. The highest BCUT2D eigenvalue weighted by atomic mass is 16.5. The van der Waals surface area contributed by atoms with E-state index in [1.54, 1.807) is 12.1 Å². The highest BCUT2D eigenvalue weighted by Gasteiger charge is 1.96. The first-order valence-corrected chi connectivity index (χ1v) is 3.29. The summed E-state index contributed by atoms with van der Waals surface area (Å²) in [6, 6.07) is 2.67. The molecule has 1 heterocycles. The maximum absolute atomic E-state index is 10.4. The number of hydrogen-bond donors (Lipinski definition) is 2. The number of aromatic nitrogens is 1. The predicted octanol–water partition coefficient (Wildman–Crippen LogP) is 0.581. The lowest BCUT2D eigenvalue weighted by Crippen LogP contribution is -2.19. The molecule has 3 N–H and O–H groups in total. The Morgan fingerprint density at radius 1 is 1.67 bits per heavy atom. The van der Waals surface area contributed by atoms with E-state index in [-0.39, 0.29) is 0 Å². The second-order valence-electron chi connectivity index (χ2n) is 2.08. The largest absolute Gasteiger partial charge is 0.481 e.